The first kappa shape index (κ1) is 10.5. The number of fused-ring (bicyclic) bond motifs is 1. The Morgan fingerprint density at radius 1 is 1.71 bits per heavy atom. The SMILES string of the molecule is CCS(=O)C1=Nc2c(Cl)csc2SN1. The number of amidine groups is 1. The molecular formula is C7H7ClN2OS3. The lowest BCUT2D eigenvalue weighted by Gasteiger charge is -2.12. The third kappa shape index (κ3) is 1.84. The predicted molar refractivity (Wildman–Crippen MR) is 64.1 cm³/mol. The Morgan fingerprint density at radius 2 is 2.50 bits per heavy atom. The van der Waals surface area contributed by atoms with Crippen molar-refractivity contribution in [1.82, 2.24) is 4.72 Å². The molecule has 1 aromatic heterocycles. The van der Waals surface area contributed by atoms with Crippen LogP contribution in [0.15, 0.2) is 14.6 Å². The van der Waals surface area contributed by atoms with Crippen LogP contribution in [0.3, 0.4) is 0 Å². The second kappa shape index (κ2) is 4.22. The number of halogens is 1. The summed E-state index contributed by atoms with van der Waals surface area (Å²) in [6, 6.07) is 0. The Balaban J connectivity index is 2.39. The summed E-state index contributed by atoms with van der Waals surface area (Å²) in [7, 11) is -1.05. The van der Waals surface area contributed by atoms with Gasteiger partial charge >= 0.3 is 0 Å². The normalized spacial score (nSPS) is 16.9. The topological polar surface area (TPSA) is 41.5 Å². The molecule has 1 aromatic rings. The summed E-state index contributed by atoms with van der Waals surface area (Å²) in [6.45, 7) is 1.86. The van der Waals surface area contributed by atoms with E-state index in [0.717, 1.165) is 9.90 Å². The number of aliphatic imine (C=N–C) groups is 1. The standard InChI is InChI=1S/C7H7ClN2OS3/c1-2-14(11)7-9-5-4(8)3-12-6(5)13-10-7/h3H,2H2,1H3,(H,9,10). The van der Waals surface area contributed by atoms with Crippen molar-refractivity contribution in [2.45, 2.75) is 11.1 Å². The van der Waals surface area contributed by atoms with Crippen molar-refractivity contribution in [3.63, 3.8) is 0 Å². The summed E-state index contributed by atoms with van der Waals surface area (Å²) >= 11 is 8.89. The van der Waals surface area contributed by atoms with Crippen LogP contribution in [0.5, 0.6) is 0 Å². The highest BCUT2D eigenvalue weighted by molar-refractivity contribution is 8.05. The minimum absolute atomic E-state index is 0.505. The van der Waals surface area contributed by atoms with E-state index in [-0.39, 0.29) is 0 Å². The van der Waals surface area contributed by atoms with Gasteiger partial charge in [0.15, 0.2) is 0 Å². The van der Waals surface area contributed by atoms with Crippen molar-refractivity contribution in [3.8, 4) is 0 Å². The molecule has 0 saturated heterocycles. The molecule has 0 fully saturated rings. The fourth-order valence-corrected chi connectivity index (χ4v) is 3.81. The molecule has 0 bridgehead atoms. The van der Waals surface area contributed by atoms with Crippen LogP contribution in [0.4, 0.5) is 5.69 Å². The maximum absolute atomic E-state index is 11.5. The first-order chi connectivity index (χ1) is 6.72. The van der Waals surface area contributed by atoms with Crippen LogP contribution in [-0.4, -0.2) is 15.1 Å². The second-order valence-corrected chi connectivity index (χ2v) is 6.49. The van der Waals surface area contributed by atoms with E-state index in [4.69, 9.17) is 11.6 Å². The molecule has 1 atom stereocenters. The molecule has 76 valence electrons. The van der Waals surface area contributed by atoms with Crippen molar-refractivity contribution in [1.29, 1.82) is 0 Å². The summed E-state index contributed by atoms with van der Waals surface area (Å²) in [5.41, 5.74) is 0.747. The molecule has 1 unspecified atom stereocenters. The van der Waals surface area contributed by atoms with E-state index in [1.54, 1.807) is 0 Å². The molecule has 1 N–H and O–H groups in total. The fraction of sp³-hybridized carbons (Fsp3) is 0.286. The van der Waals surface area contributed by atoms with Crippen LogP contribution in [0.1, 0.15) is 6.92 Å². The molecule has 0 spiro atoms. The fourth-order valence-electron chi connectivity index (χ4n) is 0.934. The molecule has 2 heterocycles. The van der Waals surface area contributed by atoms with Crippen molar-refractivity contribution < 1.29 is 4.21 Å². The Morgan fingerprint density at radius 3 is 3.21 bits per heavy atom. The average Bonchev–Trinajstić information content (AvgIpc) is 2.59. The van der Waals surface area contributed by atoms with Crippen molar-refractivity contribution in [2.75, 3.05) is 5.75 Å². The highest BCUT2D eigenvalue weighted by Gasteiger charge is 2.19. The first-order valence-corrected chi connectivity index (χ1v) is 7.28. The first-order valence-electron chi connectivity index (χ1n) is 3.89. The summed E-state index contributed by atoms with van der Waals surface area (Å²) in [6.07, 6.45) is 0. The van der Waals surface area contributed by atoms with E-state index in [1.165, 1.54) is 23.3 Å². The van der Waals surface area contributed by atoms with Gasteiger partial charge in [-0.1, -0.05) is 18.5 Å². The van der Waals surface area contributed by atoms with E-state index in [0.29, 0.717) is 15.9 Å². The van der Waals surface area contributed by atoms with Crippen molar-refractivity contribution >= 4 is 56.5 Å². The maximum atomic E-state index is 11.5. The van der Waals surface area contributed by atoms with Gasteiger partial charge in [-0.25, -0.2) is 4.99 Å². The van der Waals surface area contributed by atoms with Gasteiger partial charge in [-0.2, -0.15) is 0 Å². The molecule has 0 radical (unpaired) electrons. The molecule has 2 rings (SSSR count). The molecule has 14 heavy (non-hydrogen) atoms. The van der Waals surface area contributed by atoms with Crippen molar-refractivity contribution in [2.24, 2.45) is 4.99 Å². The molecule has 1 aliphatic rings. The Kier molecular flexibility index (Phi) is 3.16. The molecule has 0 saturated carbocycles. The summed E-state index contributed by atoms with van der Waals surface area (Å²) < 4.78 is 15.5. The van der Waals surface area contributed by atoms with Gasteiger partial charge in [0.1, 0.15) is 9.90 Å². The van der Waals surface area contributed by atoms with Crippen LogP contribution in [0, 0.1) is 0 Å². The van der Waals surface area contributed by atoms with Gasteiger partial charge in [-0.15, -0.1) is 11.3 Å². The van der Waals surface area contributed by atoms with Crippen LogP contribution < -0.4 is 4.72 Å². The minimum Gasteiger partial charge on any atom is -0.302 e. The quantitative estimate of drug-likeness (QED) is 0.795. The van der Waals surface area contributed by atoms with E-state index >= 15 is 0 Å². The summed E-state index contributed by atoms with van der Waals surface area (Å²) in [5, 5.41) is 2.97. The van der Waals surface area contributed by atoms with Crippen LogP contribution >= 0.6 is 34.9 Å². The maximum Gasteiger partial charge on any atom is 0.203 e. The Bertz CT molecular complexity index is 415. The van der Waals surface area contributed by atoms with Crippen molar-refractivity contribution in [3.05, 3.63) is 10.4 Å². The van der Waals surface area contributed by atoms with Gasteiger partial charge in [0.2, 0.25) is 5.17 Å². The average molecular weight is 267 g/mol. The van der Waals surface area contributed by atoms with Crippen LogP contribution in [0.25, 0.3) is 0 Å². The zero-order valence-corrected chi connectivity index (χ0v) is 10.4. The molecule has 0 amide bonds. The number of rotatable bonds is 1. The van der Waals surface area contributed by atoms with Gasteiger partial charge in [0.05, 0.1) is 15.8 Å². The number of hydrogen-bond acceptors (Lipinski definition) is 5. The number of thiophene rings is 1. The lowest BCUT2D eigenvalue weighted by molar-refractivity contribution is 0.690. The van der Waals surface area contributed by atoms with Gasteiger partial charge in [0, 0.05) is 11.1 Å². The van der Waals surface area contributed by atoms with E-state index in [2.05, 4.69) is 9.71 Å². The van der Waals surface area contributed by atoms with Gasteiger partial charge in [-0.3, -0.25) is 4.21 Å². The third-order valence-corrected chi connectivity index (χ3v) is 5.28. The molecule has 0 aliphatic carbocycles. The summed E-state index contributed by atoms with van der Waals surface area (Å²) in [4.78, 5) is 4.24. The number of hydrogen-bond donors (Lipinski definition) is 1. The number of nitrogens with one attached hydrogen (secondary N) is 1. The van der Waals surface area contributed by atoms with E-state index in [9.17, 15) is 4.21 Å². The van der Waals surface area contributed by atoms with Crippen LogP contribution in [0.2, 0.25) is 5.02 Å². The molecule has 7 heteroatoms. The predicted octanol–water partition coefficient (Wildman–Crippen LogP) is 2.77. The smallest absolute Gasteiger partial charge is 0.203 e. The van der Waals surface area contributed by atoms with E-state index in [1.807, 2.05) is 12.3 Å². The van der Waals surface area contributed by atoms with Gasteiger partial charge in [0.25, 0.3) is 0 Å². The van der Waals surface area contributed by atoms with Gasteiger partial charge in [-0.05, 0) is 11.9 Å². The zero-order valence-electron chi connectivity index (χ0n) is 7.24. The minimum atomic E-state index is -1.05. The summed E-state index contributed by atoms with van der Waals surface area (Å²) in [5.74, 6) is 0.559. The highest BCUT2D eigenvalue weighted by atomic mass is 35.5. The monoisotopic (exact) mass is 266 g/mol. The lowest BCUT2D eigenvalue weighted by Crippen LogP contribution is -2.24. The Labute approximate surface area is 97.5 Å². The molecular weight excluding hydrogens is 260 g/mol. The molecule has 0 aromatic carbocycles. The molecule has 3 nitrogen and oxygen atoms in total. The third-order valence-electron chi connectivity index (χ3n) is 1.61. The largest absolute Gasteiger partial charge is 0.302 e. The van der Waals surface area contributed by atoms with Gasteiger partial charge < -0.3 is 4.72 Å². The second-order valence-electron chi connectivity index (χ2n) is 2.47. The number of nitrogens with zero attached hydrogens (tertiary/aromatic N) is 1. The highest BCUT2D eigenvalue weighted by Crippen LogP contribution is 2.42. The van der Waals surface area contributed by atoms with Crippen LogP contribution in [-0.2, 0) is 10.8 Å². The lowest BCUT2D eigenvalue weighted by atomic mass is 10.5. The van der Waals surface area contributed by atoms with E-state index < -0.39 is 10.8 Å². The molecule has 1 aliphatic heterocycles. The Hall–Kier alpha value is -0.0400. The zero-order chi connectivity index (χ0) is 10.1.